The maximum Gasteiger partial charge on any atom is 0.460 e. The van der Waals surface area contributed by atoms with Crippen molar-refractivity contribution in [2.45, 2.75) is 99.3 Å². The lowest BCUT2D eigenvalue weighted by Crippen LogP contribution is -2.69. The molecule has 356 valence electrons. The molecule has 0 radical (unpaired) electrons. The Morgan fingerprint density at radius 2 is 0.571 bits per heavy atom. The predicted molar refractivity (Wildman–Crippen MR) is 170 cm³/mol. The molecule has 0 fully saturated rings. The van der Waals surface area contributed by atoms with E-state index in [4.69, 9.17) is 0 Å². The van der Waals surface area contributed by atoms with E-state index in [1.165, 1.54) is 49.9 Å². The Balaban J connectivity index is 1.88. The zero-order valence-corrected chi connectivity index (χ0v) is 31.2. The van der Waals surface area contributed by atoms with Gasteiger partial charge in [0, 0.05) is 23.8 Å². The first-order valence-electron chi connectivity index (χ1n) is 16.5. The van der Waals surface area contributed by atoms with Crippen LogP contribution >= 0.6 is 0 Å². The number of rotatable bonds is 14. The van der Waals surface area contributed by atoms with E-state index < -0.39 is 94.9 Å². The van der Waals surface area contributed by atoms with E-state index in [-0.39, 0.29) is 52.4 Å². The van der Waals surface area contributed by atoms with Gasteiger partial charge in [0.05, 0.1) is 6.67 Å². The number of benzene rings is 2. The lowest BCUT2D eigenvalue weighted by Gasteiger charge is -2.39. The second-order valence-electron chi connectivity index (χ2n) is 13.9. The molecular weight excluding hydrogens is 942 g/mol. The Morgan fingerprint density at radius 3 is 0.794 bits per heavy atom. The third kappa shape index (κ3) is 8.23. The van der Waals surface area contributed by atoms with Gasteiger partial charge in [0.1, 0.15) is 0 Å². The second kappa shape index (κ2) is 15.6. The monoisotopic (exact) mass is 966 g/mol. The molecule has 0 aliphatic carbocycles. The van der Waals surface area contributed by atoms with Gasteiger partial charge in [0.15, 0.2) is 0 Å². The van der Waals surface area contributed by atoms with Crippen molar-refractivity contribution < 1.29 is 114 Å². The molecule has 63 heavy (non-hydrogen) atoms. The molecule has 1 heterocycles. The van der Waals surface area contributed by atoms with E-state index in [0.29, 0.717) is 0 Å². The summed E-state index contributed by atoms with van der Waals surface area (Å²) in [6.07, 6.45) is -14.9. The van der Waals surface area contributed by atoms with Crippen LogP contribution in [0.5, 0.6) is 0 Å². The summed E-state index contributed by atoms with van der Waals surface area (Å²) >= 11 is 0. The summed E-state index contributed by atoms with van der Waals surface area (Å²) in [5.41, 5.74) is -0.561. The molecule has 0 spiro atoms. The Hall–Kier alpha value is -4.56. The highest BCUT2D eigenvalue weighted by Gasteiger charge is 2.91. The molecule has 0 atom stereocenters. The van der Waals surface area contributed by atoms with E-state index >= 15 is 0 Å². The summed E-state index contributed by atoms with van der Waals surface area (Å²) in [6, 6.07) is 3.63. The maximum atomic E-state index is 14.3. The lowest BCUT2D eigenvalue weighted by atomic mass is 9.93. The average molecular weight is 967 g/mol. The van der Waals surface area contributed by atoms with Gasteiger partial charge in [0.25, 0.3) is 0 Å². The highest BCUT2D eigenvalue weighted by molar-refractivity contribution is 5.72. The molecule has 1 aliphatic heterocycles. The van der Waals surface area contributed by atoms with Crippen LogP contribution in [-0.4, -0.2) is 78.2 Å². The zero-order valence-electron chi connectivity index (χ0n) is 31.2. The molecule has 0 saturated heterocycles. The van der Waals surface area contributed by atoms with Crippen LogP contribution in [-0.2, 0) is 0 Å². The third-order valence-corrected chi connectivity index (χ3v) is 9.22. The number of hydrogen-bond donors (Lipinski definition) is 0. The average Bonchev–Trinajstić information content (AvgIpc) is 3.56. The molecule has 2 nitrogen and oxygen atoms in total. The van der Waals surface area contributed by atoms with Crippen LogP contribution in [0.2, 0.25) is 0 Å². The summed E-state index contributed by atoms with van der Waals surface area (Å²) in [7, 11) is 0. The number of aryl methyl sites for hydroxylation is 4. The minimum absolute atomic E-state index is 0.0510. The number of anilines is 2. The molecular formula is C35H24F26N2. The van der Waals surface area contributed by atoms with Gasteiger partial charge in [-0.3, -0.25) is 0 Å². The van der Waals surface area contributed by atoms with E-state index in [0.717, 1.165) is 24.3 Å². The smallest absolute Gasteiger partial charge is 0.328 e. The number of hydrogen-bond acceptors (Lipinski definition) is 2. The van der Waals surface area contributed by atoms with Gasteiger partial charge in [-0.1, -0.05) is 12.2 Å². The molecule has 0 amide bonds. The molecule has 3 rings (SSSR count). The highest BCUT2D eigenvalue weighted by Crippen LogP contribution is 2.62. The molecule has 0 aromatic heterocycles. The quantitative estimate of drug-likeness (QED) is 0.174. The van der Waals surface area contributed by atoms with Crippen molar-refractivity contribution in [3.05, 3.63) is 82.2 Å². The van der Waals surface area contributed by atoms with Crippen molar-refractivity contribution in [3.63, 3.8) is 0 Å². The van der Waals surface area contributed by atoms with Gasteiger partial charge in [-0.05, 0) is 97.5 Å². The molecule has 2 aromatic rings. The Labute approximate surface area is 336 Å². The Morgan fingerprint density at radius 1 is 0.349 bits per heavy atom. The molecule has 0 saturated carbocycles. The van der Waals surface area contributed by atoms with Crippen molar-refractivity contribution in [2.24, 2.45) is 0 Å². The van der Waals surface area contributed by atoms with Crippen LogP contribution in [0.25, 0.3) is 12.2 Å². The molecule has 1 aliphatic rings. The molecule has 2 aromatic carbocycles. The lowest BCUT2D eigenvalue weighted by molar-refractivity contribution is -0.436. The molecule has 0 unspecified atom stereocenters. The van der Waals surface area contributed by atoms with Crippen molar-refractivity contribution in [1.29, 1.82) is 0 Å². The molecule has 0 N–H and O–H groups in total. The van der Waals surface area contributed by atoms with E-state index in [2.05, 4.69) is 0 Å². The fourth-order valence-corrected chi connectivity index (χ4v) is 5.96. The Bertz CT molecular complexity index is 1930. The number of allylic oxidation sites excluding steroid dienone is 2. The summed E-state index contributed by atoms with van der Waals surface area (Å²) in [6.45, 7) is 4.73. The van der Waals surface area contributed by atoms with Gasteiger partial charge in [-0.2, -0.15) is 114 Å². The van der Waals surface area contributed by atoms with Gasteiger partial charge < -0.3 is 9.80 Å². The first-order valence-corrected chi connectivity index (χ1v) is 16.5. The van der Waals surface area contributed by atoms with Crippen molar-refractivity contribution in [3.8, 4) is 0 Å². The first kappa shape index (κ1) is 52.8. The second-order valence-corrected chi connectivity index (χ2v) is 13.9. The van der Waals surface area contributed by atoms with Crippen molar-refractivity contribution in [1.82, 2.24) is 0 Å². The minimum atomic E-state index is -8.09. The predicted octanol–water partition coefficient (Wildman–Crippen LogP) is 14.2. The summed E-state index contributed by atoms with van der Waals surface area (Å²) < 4.78 is 350. The maximum absolute atomic E-state index is 14.3. The van der Waals surface area contributed by atoms with Crippen LogP contribution in [0.1, 0.15) is 33.4 Å². The third-order valence-electron chi connectivity index (χ3n) is 9.22. The Kier molecular flexibility index (Phi) is 13.0. The standard InChI is InChI=1S/C35H24F26N2/c1-16-11-20(5-7-24(36,37)26(40,41)28(44,45)30(48,49)32(52,53)34(56,57)58)12-17(2)22(16)62-9-10-63(15-62)23-18(3)13-21(14-19(23)4)6-8-25(38,39)27(42,43)29(46,47)31(50,51)33(54,55)35(59,60)61/h5-14H,15H2,1-4H3/b7-5+,8-6+. The van der Waals surface area contributed by atoms with Crippen molar-refractivity contribution >= 4 is 23.5 Å². The van der Waals surface area contributed by atoms with Gasteiger partial charge in [-0.15, -0.1) is 0 Å². The van der Waals surface area contributed by atoms with E-state index in [9.17, 15) is 114 Å². The highest BCUT2D eigenvalue weighted by atomic mass is 19.4. The fraction of sp³-hybridized carbons (Fsp3) is 0.486. The SMILES string of the molecule is Cc1cc(/C=C/C(F)(F)C(F)(F)C(F)(F)C(F)(F)C(F)(F)C(F)(F)F)cc(C)c1N1C=CN(c2c(C)cc(/C=C/C(F)(F)C(F)(F)C(F)(F)C(F)(F)C(F)(F)C(F)(F)F)cc2C)C1. The topological polar surface area (TPSA) is 6.48 Å². The number of halogens is 26. The largest absolute Gasteiger partial charge is 0.460 e. The van der Waals surface area contributed by atoms with Gasteiger partial charge in [0.2, 0.25) is 0 Å². The van der Waals surface area contributed by atoms with E-state index in [1.54, 1.807) is 0 Å². The fourth-order valence-electron chi connectivity index (χ4n) is 5.96. The normalized spacial score (nSPS) is 16.4. The van der Waals surface area contributed by atoms with Crippen LogP contribution in [0.4, 0.5) is 126 Å². The summed E-state index contributed by atoms with van der Waals surface area (Å²) in [4.78, 5) is 2.75. The summed E-state index contributed by atoms with van der Waals surface area (Å²) in [5.74, 6) is -76.1. The van der Waals surface area contributed by atoms with Crippen molar-refractivity contribution in [2.75, 3.05) is 16.5 Å². The summed E-state index contributed by atoms with van der Waals surface area (Å²) in [5, 5.41) is 0. The number of nitrogens with zero attached hydrogens (tertiary/aromatic N) is 2. The first-order chi connectivity index (χ1) is 27.7. The van der Waals surface area contributed by atoms with E-state index in [1.807, 2.05) is 0 Å². The number of alkyl halides is 26. The van der Waals surface area contributed by atoms with Gasteiger partial charge in [-0.25, -0.2) is 0 Å². The minimum Gasteiger partial charge on any atom is -0.328 e. The molecule has 28 heteroatoms. The van der Waals surface area contributed by atoms with Gasteiger partial charge >= 0.3 is 71.6 Å². The van der Waals surface area contributed by atoms with Crippen LogP contribution in [0.15, 0.2) is 48.8 Å². The van der Waals surface area contributed by atoms with Crippen LogP contribution in [0, 0.1) is 27.7 Å². The van der Waals surface area contributed by atoms with Crippen LogP contribution < -0.4 is 9.80 Å². The zero-order chi connectivity index (χ0) is 49.6. The van der Waals surface area contributed by atoms with Crippen LogP contribution in [0.3, 0.4) is 0 Å². The molecule has 0 bridgehead atoms.